The van der Waals surface area contributed by atoms with Crippen molar-refractivity contribution < 1.29 is 14.3 Å². The lowest BCUT2D eigenvalue weighted by atomic mass is 10.2. The van der Waals surface area contributed by atoms with Gasteiger partial charge in [-0.25, -0.2) is 4.79 Å². The first kappa shape index (κ1) is 21.6. The number of hydrogen-bond acceptors (Lipinski definition) is 5. The maximum Gasteiger partial charge on any atom is 0.410 e. The highest BCUT2D eigenvalue weighted by molar-refractivity contribution is 7.99. The third kappa shape index (κ3) is 8.67. The molecule has 1 aliphatic rings. The van der Waals surface area contributed by atoms with Crippen molar-refractivity contribution in [3.05, 3.63) is 30.3 Å². The molecule has 1 N–H and O–H groups in total. The number of ether oxygens (including phenoxy) is 1. The maximum absolute atomic E-state index is 12.1. The summed E-state index contributed by atoms with van der Waals surface area (Å²) in [6.07, 6.45) is 0.276. The van der Waals surface area contributed by atoms with Crippen LogP contribution in [-0.4, -0.2) is 72.4 Å². The van der Waals surface area contributed by atoms with Gasteiger partial charge in [0.2, 0.25) is 5.91 Å². The standard InChI is InChI=1S/C20H31N3O3S/c1-20(2,3)26-19(25)23-14-12-22(13-15-23)11-10-21-18(24)9-16-27-17-7-5-4-6-8-17/h4-8H,9-16H2,1-3H3,(H,21,24). The molecule has 0 saturated carbocycles. The third-order valence-electron chi connectivity index (χ3n) is 4.12. The molecule has 1 aromatic rings. The highest BCUT2D eigenvalue weighted by Gasteiger charge is 2.25. The smallest absolute Gasteiger partial charge is 0.410 e. The van der Waals surface area contributed by atoms with Crippen LogP contribution < -0.4 is 5.32 Å². The van der Waals surface area contributed by atoms with Gasteiger partial charge in [0.1, 0.15) is 5.60 Å². The van der Waals surface area contributed by atoms with Crippen molar-refractivity contribution in [2.24, 2.45) is 0 Å². The Labute approximate surface area is 166 Å². The molecule has 0 atom stereocenters. The fraction of sp³-hybridized carbons (Fsp3) is 0.600. The minimum absolute atomic E-state index is 0.0887. The molecule has 1 aromatic carbocycles. The first-order valence-electron chi connectivity index (χ1n) is 9.48. The molecule has 6 nitrogen and oxygen atoms in total. The van der Waals surface area contributed by atoms with Gasteiger partial charge in [0.25, 0.3) is 0 Å². The fourth-order valence-electron chi connectivity index (χ4n) is 2.70. The summed E-state index contributed by atoms with van der Waals surface area (Å²) in [5, 5.41) is 2.98. The van der Waals surface area contributed by atoms with Crippen molar-refractivity contribution in [3.63, 3.8) is 0 Å². The van der Waals surface area contributed by atoms with E-state index in [4.69, 9.17) is 4.74 Å². The van der Waals surface area contributed by atoms with E-state index in [0.29, 0.717) is 26.1 Å². The number of rotatable bonds is 7. The Morgan fingerprint density at radius 2 is 1.78 bits per heavy atom. The first-order valence-corrected chi connectivity index (χ1v) is 10.5. The number of piperazine rings is 1. The van der Waals surface area contributed by atoms with Gasteiger partial charge in [-0.1, -0.05) is 18.2 Å². The summed E-state index contributed by atoms with van der Waals surface area (Å²) in [6, 6.07) is 10.1. The van der Waals surface area contributed by atoms with Gasteiger partial charge < -0.3 is 15.0 Å². The number of nitrogens with one attached hydrogen (secondary N) is 1. The second-order valence-electron chi connectivity index (χ2n) is 7.57. The summed E-state index contributed by atoms with van der Waals surface area (Å²) in [6.45, 7) is 10.0. The molecular formula is C20H31N3O3S. The predicted octanol–water partition coefficient (Wildman–Crippen LogP) is 2.84. The molecular weight excluding hydrogens is 362 g/mol. The Morgan fingerprint density at radius 3 is 2.41 bits per heavy atom. The lowest BCUT2D eigenvalue weighted by Gasteiger charge is -2.35. The Kier molecular flexibility index (Phi) is 8.44. The van der Waals surface area contributed by atoms with Crippen molar-refractivity contribution in [1.82, 2.24) is 15.1 Å². The van der Waals surface area contributed by atoms with E-state index in [9.17, 15) is 9.59 Å². The number of thioether (sulfide) groups is 1. The molecule has 1 heterocycles. The van der Waals surface area contributed by atoms with E-state index < -0.39 is 5.60 Å². The SMILES string of the molecule is CC(C)(C)OC(=O)N1CCN(CCNC(=O)CCSc2ccccc2)CC1. The molecule has 7 heteroatoms. The van der Waals surface area contributed by atoms with Crippen molar-refractivity contribution in [2.75, 3.05) is 45.0 Å². The van der Waals surface area contributed by atoms with Crippen LogP contribution >= 0.6 is 11.8 Å². The Hall–Kier alpha value is -1.73. The van der Waals surface area contributed by atoms with E-state index in [1.54, 1.807) is 16.7 Å². The van der Waals surface area contributed by atoms with E-state index in [1.807, 2.05) is 39.0 Å². The topological polar surface area (TPSA) is 61.9 Å². The van der Waals surface area contributed by atoms with Crippen LogP contribution in [0.25, 0.3) is 0 Å². The molecule has 0 bridgehead atoms. The maximum atomic E-state index is 12.1. The second-order valence-corrected chi connectivity index (χ2v) is 8.74. The normalized spacial score (nSPS) is 15.4. The largest absolute Gasteiger partial charge is 0.444 e. The third-order valence-corrected chi connectivity index (χ3v) is 5.13. The Morgan fingerprint density at radius 1 is 1.11 bits per heavy atom. The zero-order valence-corrected chi connectivity index (χ0v) is 17.4. The van der Waals surface area contributed by atoms with Crippen LogP contribution in [0.1, 0.15) is 27.2 Å². The number of amides is 2. The summed E-state index contributed by atoms with van der Waals surface area (Å²) < 4.78 is 5.40. The highest BCUT2D eigenvalue weighted by Crippen LogP contribution is 2.17. The van der Waals surface area contributed by atoms with Gasteiger partial charge in [-0.15, -0.1) is 11.8 Å². The van der Waals surface area contributed by atoms with E-state index in [2.05, 4.69) is 22.3 Å². The fourth-order valence-corrected chi connectivity index (χ4v) is 3.57. The average Bonchev–Trinajstić information content (AvgIpc) is 2.62. The number of hydrogen-bond donors (Lipinski definition) is 1. The number of carbonyl (C=O) groups is 2. The summed E-state index contributed by atoms with van der Waals surface area (Å²) in [5.41, 5.74) is -0.461. The average molecular weight is 394 g/mol. The lowest BCUT2D eigenvalue weighted by Crippen LogP contribution is -2.51. The van der Waals surface area contributed by atoms with Crippen LogP contribution in [0.2, 0.25) is 0 Å². The van der Waals surface area contributed by atoms with Crippen LogP contribution in [-0.2, 0) is 9.53 Å². The number of benzene rings is 1. The summed E-state index contributed by atoms with van der Waals surface area (Å²) >= 11 is 1.70. The summed E-state index contributed by atoms with van der Waals surface area (Å²) in [4.78, 5) is 29.2. The molecule has 0 spiro atoms. The zero-order chi connectivity index (χ0) is 19.7. The van der Waals surface area contributed by atoms with Crippen LogP contribution in [0.15, 0.2) is 35.2 Å². The zero-order valence-electron chi connectivity index (χ0n) is 16.6. The summed E-state index contributed by atoms with van der Waals surface area (Å²) in [7, 11) is 0. The van der Waals surface area contributed by atoms with E-state index in [1.165, 1.54) is 4.90 Å². The van der Waals surface area contributed by atoms with E-state index in [0.717, 1.165) is 25.4 Å². The van der Waals surface area contributed by atoms with Gasteiger partial charge in [0, 0.05) is 56.3 Å². The molecule has 27 heavy (non-hydrogen) atoms. The molecule has 0 aromatic heterocycles. The van der Waals surface area contributed by atoms with Crippen LogP contribution in [0.4, 0.5) is 4.79 Å². The van der Waals surface area contributed by atoms with Gasteiger partial charge in [-0.2, -0.15) is 0 Å². The van der Waals surface area contributed by atoms with Gasteiger partial charge >= 0.3 is 6.09 Å². The first-order chi connectivity index (χ1) is 12.8. The minimum Gasteiger partial charge on any atom is -0.444 e. The molecule has 0 aliphatic carbocycles. The molecule has 1 fully saturated rings. The van der Waals surface area contributed by atoms with Crippen molar-refractivity contribution in [3.8, 4) is 0 Å². The number of carbonyl (C=O) groups excluding carboxylic acids is 2. The highest BCUT2D eigenvalue weighted by atomic mass is 32.2. The molecule has 1 saturated heterocycles. The van der Waals surface area contributed by atoms with Crippen molar-refractivity contribution in [2.45, 2.75) is 37.7 Å². The Balaban J connectivity index is 1.55. The van der Waals surface area contributed by atoms with E-state index in [-0.39, 0.29) is 12.0 Å². The quantitative estimate of drug-likeness (QED) is 0.722. The minimum atomic E-state index is -0.461. The lowest BCUT2D eigenvalue weighted by molar-refractivity contribution is -0.120. The van der Waals surface area contributed by atoms with Gasteiger partial charge in [0.05, 0.1) is 0 Å². The predicted molar refractivity (Wildman–Crippen MR) is 109 cm³/mol. The molecule has 1 aliphatic heterocycles. The molecule has 2 amide bonds. The summed E-state index contributed by atoms with van der Waals surface area (Å²) in [5.74, 6) is 0.871. The van der Waals surface area contributed by atoms with Gasteiger partial charge in [0.15, 0.2) is 0 Å². The molecule has 0 unspecified atom stereocenters. The van der Waals surface area contributed by atoms with Crippen molar-refractivity contribution in [1.29, 1.82) is 0 Å². The monoisotopic (exact) mass is 393 g/mol. The van der Waals surface area contributed by atoms with Crippen LogP contribution in [0, 0.1) is 0 Å². The van der Waals surface area contributed by atoms with E-state index >= 15 is 0 Å². The van der Waals surface area contributed by atoms with Crippen molar-refractivity contribution >= 4 is 23.8 Å². The van der Waals surface area contributed by atoms with Crippen LogP contribution in [0.5, 0.6) is 0 Å². The molecule has 150 valence electrons. The molecule has 0 radical (unpaired) electrons. The second kappa shape index (κ2) is 10.6. The van der Waals surface area contributed by atoms with Crippen LogP contribution in [0.3, 0.4) is 0 Å². The van der Waals surface area contributed by atoms with Gasteiger partial charge in [-0.05, 0) is 32.9 Å². The Bertz CT molecular complexity index is 596. The van der Waals surface area contributed by atoms with Gasteiger partial charge in [-0.3, -0.25) is 9.69 Å². The molecule has 2 rings (SSSR count). The number of nitrogens with zero attached hydrogens (tertiary/aromatic N) is 2.